The number of ether oxygens (including phenoxy) is 1. The first-order valence-corrected chi connectivity index (χ1v) is 8.74. The van der Waals surface area contributed by atoms with E-state index in [0.29, 0.717) is 0 Å². The SMILES string of the molecule is Cc1c(NC(=O)C(N)C2CCOCC2)sc2c1CCCC2. The minimum Gasteiger partial charge on any atom is -0.381 e. The van der Waals surface area contributed by atoms with E-state index in [0.717, 1.165) is 43.9 Å². The van der Waals surface area contributed by atoms with Crippen molar-refractivity contribution in [2.45, 2.75) is 51.5 Å². The van der Waals surface area contributed by atoms with Crippen molar-refractivity contribution >= 4 is 22.2 Å². The van der Waals surface area contributed by atoms with Gasteiger partial charge in [0.1, 0.15) is 0 Å². The fourth-order valence-corrected chi connectivity index (χ4v) is 4.63. The maximum atomic E-state index is 12.4. The van der Waals surface area contributed by atoms with Crippen LogP contribution < -0.4 is 11.1 Å². The van der Waals surface area contributed by atoms with Gasteiger partial charge in [0.2, 0.25) is 5.91 Å². The minimum atomic E-state index is -0.424. The molecule has 0 radical (unpaired) electrons. The zero-order chi connectivity index (χ0) is 14.8. The molecule has 4 nitrogen and oxygen atoms in total. The summed E-state index contributed by atoms with van der Waals surface area (Å²) in [5.74, 6) is 0.206. The summed E-state index contributed by atoms with van der Waals surface area (Å²) in [4.78, 5) is 13.9. The molecule has 1 saturated heterocycles. The van der Waals surface area contributed by atoms with Gasteiger partial charge in [-0.05, 0) is 62.5 Å². The molecule has 5 heteroatoms. The highest BCUT2D eigenvalue weighted by atomic mass is 32.1. The van der Waals surface area contributed by atoms with Crippen molar-refractivity contribution in [2.75, 3.05) is 18.5 Å². The van der Waals surface area contributed by atoms with Gasteiger partial charge in [-0.15, -0.1) is 11.3 Å². The quantitative estimate of drug-likeness (QED) is 0.902. The van der Waals surface area contributed by atoms with E-state index in [1.165, 1.54) is 28.8 Å². The van der Waals surface area contributed by atoms with Crippen LogP contribution in [-0.2, 0) is 22.4 Å². The summed E-state index contributed by atoms with van der Waals surface area (Å²) >= 11 is 1.74. The van der Waals surface area contributed by atoms with Gasteiger partial charge < -0.3 is 15.8 Å². The van der Waals surface area contributed by atoms with Crippen LogP contribution in [0, 0.1) is 12.8 Å². The predicted molar refractivity (Wildman–Crippen MR) is 85.8 cm³/mol. The summed E-state index contributed by atoms with van der Waals surface area (Å²) in [5.41, 5.74) is 8.86. The highest BCUT2D eigenvalue weighted by molar-refractivity contribution is 7.16. The number of nitrogens with two attached hydrogens (primary N) is 1. The molecular weight excluding hydrogens is 284 g/mol. The van der Waals surface area contributed by atoms with Crippen LogP contribution >= 0.6 is 11.3 Å². The average Bonchev–Trinajstić information content (AvgIpc) is 2.84. The van der Waals surface area contributed by atoms with E-state index >= 15 is 0 Å². The zero-order valence-corrected chi connectivity index (χ0v) is 13.4. The van der Waals surface area contributed by atoms with Gasteiger partial charge in [0.25, 0.3) is 0 Å². The van der Waals surface area contributed by atoms with E-state index in [1.54, 1.807) is 11.3 Å². The Morgan fingerprint density at radius 3 is 2.76 bits per heavy atom. The molecule has 0 aromatic carbocycles. The highest BCUT2D eigenvalue weighted by Crippen LogP contribution is 2.37. The molecule has 0 bridgehead atoms. The van der Waals surface area contributed by atoms with Crippen LogP contribution in [0.3, 0.4) is 0 Å². The molecule has 3 rings (SSSR count). The molecule has 1 aliphatic carbocycles. The molecule has 1 fully saturated rings. The molecule has 0 spiro atoms. The first-order valence-electron chi connectivity index (χ1n) is 7.92. The topological polar surface area (TPSA) is 64.4 Å². The summed E-state index contributed by atoms with van der Waals surface area (Å²) in [6, 6.07) is -0.424. The number of anilines is 1. The maximum Gasteiger partial charge on any atom is 0.242 e. The summed E-state index contributed by atoms with van der Waals surface area (Å²) in [6.45, 7) is 3.56. The fourth-order valence-electron chi connectivity index (χ4n) is 3.33. The minimum absolute atomic E-state index is 0.0383. The average molecular weight is 308 g/mol. The molecule has 3 N–H and O–H groups in total. The summed E-state index contributed by atoms with van der Waals surface area (Å²) in [7, 11) is 0. The molecule has 1 aromatic heterocycles. The zero-order valence-electron chi connectivity index (χ0n) is 12.6. The van der Waals surface area contributed by atoms with Gasteiger partial charge in [-0.2, -0.15) is 0 Å². The molecule has 1 aliphatic heterocycles. The standard InChI is InChI=1S/C16H24N2O2S/c1-10-12-4-2-3-5-13(12)21-16(10)18-15(19)14(17)11-6-8-20-9-7-11/h11,14H,2-9,17H2,1H3,(H,18,19). The molecule has 21 heavy (non-hydrogen) atoms. The third kappa shape index (κ3) is 3.15. The Morgan fingerprint density at radius 2 is 2.05 bits per heavy atom. The molecule has 1 atom stereocenters. The summed E-state index contributed by atoms with van der Waals surface area (Å²) in [5, 5.41) is 4.09. The van der Waals surface area contributed by atoms with Crippen molar-refractivity contribution in [1.82, 2.24) is 0 Å². The summed E-state index contributed by atoms with van der Waals surface area (Å²) < 4.78 is 5.34. The Labute approximate surface area is 130 Å². The number of hydrogen-bond acceptors (Lipinski definition) is 4. The van der Waals surface area contributed by atoms with Crippen molar-refractivity contribution in [3.63, 3.8) is 0 Å². The molecule has 1 amide bonds. The van der Waals surface area contributed by atoms with Crippen molar-refractivity contribution in [1.29, 1.82) is 0 Å². The molecular formula is C16H24N2O2S. The fraction of sp³-hybridized carbons (Fsp3) is 0.688. The van der Waals surface area contributed by atoms with Gasteiger partial charge in [0, 0.05) is 18.1 Å². The molecule has 116 valence electrons. The van der Waals surface area contributed by atoms with E-state index < -0.39 is 6.04 Å². The van der Waals surface area contributed by atoms with Gasteiger partial charge in [-0.1, -0.05) is 0 Å². The van der Waals surface area contributed by atoms with E-state index in [1.807, 2.05) is 0 Å². The normalized spacial score (nSPS) is 20.9. The lowest BCUT2D eigenvalue weighted by atomic mass is 9.92. The smallest absolute Gasteiger partial charge is 0.242 e. The maximum absolute atomic E-state index is 12.4. The Morgan fingerprint density at radius 1 is 1.33 bits per heavy atom. The van der Waals surface area contributed by atoms with E-state index in [-0.39, 0.29) is 11.8 Å². The second kappa shape index (κ2) is 6.46. The number of amides is 1. The third-order valence-corrected chi connectivity index (χ3v) is 6.06. The Hall–Kier alpha value is -0.910. The Balaban J connectivity index is 1.68. The van der Waals surface area contributed by atoms with Gasteiger partial charge in [-0.3, -0.25) is 4.79 Å². The highest BCUT2D eigenvalue weighted by Gasteiger charge is 2.28. The largest absolute Gasteiger partial charge is 0.381 e. The molecule has 2 heterocycles. The van der Waals surface area contributed by atoms with Crippen LogP contribution in [0.25, 0.3) is 0 Å². The van der Waals surface area contributed by atoms with Gasteiger partial charge in [0.05, 0.1) is 11.0 Å². The third-order valence-electron chi connectivity index (χ3n) is 4.75. The number of nitrogens with one attached hydrogen (secondary N) is 1. The lowest BCUT2D eigenvalue weighted by Crippen LogP contribution is -2.43. The summed E-state index contributed by atoms with van der Waals surface area (Å²) in [6.07, 6.45) is 6.60. The van der Waals surface area contributed by atoms with Crippen molar-refractivity contribution < 1.29 is 9.53 Å². The number of hydrogen-bond donors (Lipinski definition) is 2. The number of thiophene rings is 1. The Kier molecular flexibility index (Phi) is 4.62. The van der Waals surface area contributed by atoms with Crippen LogP contribution in [0.1, 0.15) is 41.7 Å². The van der Waals surface area contributed by atoms with Crippen LogP contribution in [0.4, 0.5) is 5.00 Å². The molecule has 2 aliphatic rings. The molecule has 1 aromatic rings. The van der Waals surface area contributed by atoms with Crippen LogP contribution in [0.15, 0.2) is 0 Å². The lowest BCUT2D eigenvalue weighted by molar-refractivity contribution is -0.119. The van der Waals surface area contributed by atoms with Crippen molar-refractivity contribution in [3.8, 4) is 0 Å². The van der Waals surface area contributed by atoms with Crippen LogP contribution in [-0.4, -0.2) is 25.2 Å². The number of fused-ring (bicyclic) bond motifs is 1. The first-order chi connectivity index (χ1) is 10.2. The van der Waals surface area contributed by atoms with Gasteiger partial charge in [-0.25, -0.2) is 0 Å². The predicted octanol–water partition coefficient (Wildman–Crippen LogP) is 2.63. The van der Waals surface area contributed by atoms with Crippen molar-refractivity contribution in [2.24, 2.45) is 11.7 Å². The van der Waals surface area contributed by atoms with Crippen LogP contribution in [0.2, 0.25) is 0 Å². The second-order valence-corrected chi connectivity index (χ2v) is 7.24. The van der Waals surface area contributed by atoms with E-state index in [4.69, 9.17) is 10.5 Å². The Bertz CT molecular complexity index is 521. The van der Waals surface area contributed by atoms with E-state index in [9.17, 15) is 4.79 Å². The van der Waals surface area contributed by atoms with Gasteiger partial charge >= 0.3 is 0 Å². The van der Waals surface area contributed by atoms with Crippen LogP contribution in [0.5, 0.6) is 0 Å². The monoisotopic (exact) mass is 308 g/mol. The first kappa shape index (κ1) is 15.0. The number of aryl methyl sites for hydroxylation is 1. The number of carbonyl (C=O) groups is 1. The molecule has 0 saturated carbocycles. The van der Waals surface area contributed by atoms with E-state index in [2.05, 4.69) is 12.2 Å². The second-order valence-electron chi connectivity index (χ2n) is 6.13. The van der Waals surface area contributed by atoms with Gasteiger partial charge in [0.15, 0.2) is 0 Å². The number of rotatable bonds is 3. The number of carbonyl (C=O) groups excluding carboxylic acids is 1. The lowest BCUT2D eigenvalue weighted by Gasteiger charge is -2.26. The molecule has 1 unspecified atom stereocenters. The van der Waals surface area contributed by atoms with Crippen molar-refractivity contribution in [3.05, 3.63) is 16.0 Å².